The first-order valence-corrected chi connectivity index (χ1v) is 4.06. The Morgan fingerprint density at radius 1 is 1.36 bits per heavy atom. The summed E-state index contributed by atoms with van der Waals surface area (Å²) in [6.45, 7) is 0.265. The van der Waals surface area contributed by atoms with Gasteiger partial charge in [-0.25, -0.2) is 0 Å². The van der Waals surface area contributed by atoms with Crippen molar-refractivity contribution in [3.8, 4) is 0 Å². The van der Waals surface area contributed by atoms with E-state index >= 15 is 0 Å². The van der Waals surface area contributed by atoms with Gasteiger partial charge in [0.2, 0.25) is 0 Å². The van der Waals surface area contributed by atoms with E-state index in [2.05, 4.69) is 4.74 Å². The summed E-state index contributed by atoms with van der Waals surface area (Å²) in [7, 11) is 0. The molecule has 80 valence electrons. The van der Waals surface area contributed by atoms with Crippen LogP contribution in [0.25, 0.3) is 0 Å². The monoisotopic (exact) mass is 202 g/mol. The largest absolute Gasteiger partial charge is 0.480 e. The van der Waals surface area contributed by atoms with E-state index in [1.165, 1.54) is 0 Å². The molecule has 0 aliphatic rings. The van der Waals surface area contributed by atoms with Crippen molar-refractivity contribution >= 4 is 12.4 Å². The van der Waals surface area contributed by atoms with Crippen LogP contribution in [0, 0.1) is 0 Å². The minimum atomic E-state index is -1.05. The van der Waals surface area contributed by atoms with Gasteiger partial charge in [0.15, 0.2) is 6.23 Å². The van der Waals surface area contributed by atoms with Gasteiger partial charge >= 0.3 is 5.97 Å². The van der Waals surface area contributed by atoms with E-state index in [1.807, 2.05) is 0 Å². The summed E-state index contributed by atoms with van der Waals surface area (Å²) in [6, 6.07) is -0.908. The molecule has 0 unspecified atom stereocenters. The Hall–Kier alpha value is -1.40. The Morgan fingerprint density at radius 2 is 1.93 bits per heavy atom. The van der Waals surface area contributed by atoms with Gasteiger partial charge in [0.05, 0.1) is 0 Å². The van der Waals surface area contributed by atoms with Gasteiger partial charge in [-0.15, -0.1) is 0 Å². The summed E-state index contributed by atoms with van der Waals surface area (Å²) >= 11 is 0. The maximum atomic E-state index is 10.3. The summed E-state index contributed by atoms with van der Waals surface area (Å²) in [5, 5.41) is 8.42. The molecular formula is C8H14N2O4. The van der Waals surface area contributed by atoms with E-state index in [0.29, 0.717) is 6.42 Å². The molecule has 0 heterocycles. The Bertz CT molecular complexity index is 217. The lowest BCUT2D eigenvalue weighted by molar-refractivity contribution is -0.138. The smallest absolute Gasteiger partial charge is 0.320 e. The molecule has 0 aliphatic heterocycles. The molecule has 0 aromatic rings. The molecule has 0 aliphatic carbocycles. The van der Waals surface area contributed by atoms with E-state index < -0.39 is 18.2 Å². The normalized spacial score (nSPS) is 15.0. The van der Waals surface area contributed by atoms with Crippen LogP contribution in [0.15, 0.2) is 12.2 Å². The van der Waals surface area contributed by atoms with Crippen LogP contribution in [0.3, 0.4) is 0 Å². The van der Waals surface area contributed by atoms with Crippen LogP contribution >= 0.6 is 0 Å². The highest BCUT2D eigenvalue weighted by atomic mass is 16.5. The van der Waals surface area contributed by atoms with Gasteiger partial charge < -0.3 is 15.6 Å². The predicted octanol–water partition coefficient (Wildman–Crippen LogP) is -0.807. The highest BCUT2D eigenvalue weighted by Gasteiger charge is 2.07. The van der Waals surface area contributed by atoms with Crippen LogP contribution in [0.1, 0.15) is 12.8 Å². The molecule has 0 saturated heterocycles. The summed E-state index contributed by atoms with van der Waals surface area (Å²) in [4.78, 5) is 20.1. The molecule has 6 heteroatoms. The number of rotatable bonds is 7. The molecule has 14 heavy (non-hydrogen) atoms. The molecule has 0 bridgehead atoms. The molecule has 0 saturated carbocycles. The van der Waals surface area contributed by atoms with Gasteiger partial charge in [0.25, 0.3) is 6.47 Å². The van der Waals surface area contributed by atoms with Crippen LogP contribution < -0.4 is 11.5 Å². The molecular weight excluding hydrogens is 188 g/mol. The van der Waals surface area contributed by atoms with E-state index in [0.717, 1.165) is 0 Å². The minimum absolute atomic E-state index is 0.225. The van der Waals surface area contributed by atoms with Crippen molar-refractivity contribution < 1.29 is 19.4 Å². The Balaban J connectivity index is 3.63. The van der Waals surface area contributed by atoms with E-state index in [9.17, 15) is 9.59 Å². The molecule has 0 aromatic heterocycles. The second-order valence-electron chi connectivity index (χ2n) is 2.66. The van der Waals surface area contributed by atoms with Gasteiger partial charge in [0.1, 0.15) is 6.04 Å². The summed E-state index contributed by atoms with van der Waals surface area (Å²) in [6.07, 6.45) is 3.09. The third-order valence-electron chi connectivity index (χ3n) is 1.47. The van der Waals surface area contributed by atoms with Gasteiger partial charge in [-0.3, -0.25) is 15.3 Å². The fourth-order valence-electron chi connectivity index (χ4n) is 0.701. The lowest BCUT2D eigenvalue weighted by Crippen LogP contribution is -2.29. The summed E-state index contributed by atoms with van der Waals surface area (Å²) in [5.74, 6) is -1.05. The Labute approximate surface area is 81.5 Å². The quantitative estimate of drug-likeness (QED) is 0.282. The van der Waals surface area contributed by atoms with Crippen molar-refractivity contribution in [1.82, 2.24) is 0 Å². The van der Waals surface area contributed by atoms with Crippen LogP contribution in [-0.4, -0.2) is 29.8 Å². The van der Waals surface area contributed by atoms with Crippen molar-refractivity contribution in [3.63, 3.8) is 0 Å². The number of ether oxygens (including phenoxy) is 1. The maximum Gasteiger partial charge on any atom is 0.320 e. The number of aliphatic carboxylic acids is 1. The van der Waals surface area contributed by atoms with Crippen LogP contribution in [0.5, 0.6) is 0 Å². The van der Waals surface area contributed by atoms with Gasteiger partial charge in [-0.05, 0) is 6.42 Å². The molecule has 0 spiro atoms. The van der Waals surface area contributed by atoms with E-state index in [-0.39, 0.29) is 12.9 Å². The Kier molecular flexibility index (Phi) is 6.34. The molecule has 0 amide bonds. The molecule has 0 fully saturated rings. The molecule has 5 N–H and O–H groups in total. The fourth-order valence-corrected chi connectivity index (χ4v) is 0.701. The number of carbonyl (C=O) groups excluding carboxylic acids is 1. The number of hydrogen-bond donors (Lipinski definition) is 3. The van der Waals surface area contributed by atoms with Crippen LogP contribution in [0.4, 0.5) is 0 Å². The van der Waals surface area contributed by atoms with E-state index in [1.54, 1.807) is 12.2 Å². The van der Waals surface area contributed by atoms with Gasteiger partial charge in [-0.1, -0.05) is 12.2 Å². The fraction of sp³-hybridized carbons (Fsp3) is 0.500. The van der Waals surface area contributed by atoms with Crippen molar-refractivity contribution in [2.24, 2.45) is 11.5 Å². The number of hydrogen-bond acceptors (Lipinski definition) is 5. The first-order valence-electron chi connectivity index (χ1n) is 4.06. The maximum absolute atomic E-state index is 10.3. The van der Waals surface area contributed by atoms with Gasteiger partial charge in [-0.2, -0.15) is 0 Å². The second kappa shape index (κ2) is 7.05. The van der Waals surface area contributed by atoms with Crippen molar-refractivity contribution in [2.45, 2.75) is 25.1 Å². The minimum Gasteiger partial charge on any atom is -0.480 e. The zero-order chi connectivity index (χ0) is 11.0. The van der Waals surface area contributed by atoms with Crippen molar-refractivity contribution in [1.29, 1.82) is 0 Å². The standard InChI is InChI=1S/C8H14N2O4/c9-6(8(12)13)3-1-2-4-7(10)14-5-11/h1-2,5-7H,3-4,9-10H2,(H,12,13)/b2-1+/t6-,7+/m0/s1. The average Bonchev–Trinajstić information content (AvgIpc) is 2.12. The zero-order valence-electron chi connectivity index (χ0n) is 7.63. The predicted molar refractivity (Wildman–Crippen MR) is 49.1 cm³/mol. The van der Waals surface area contributed by atoms with Crippen LogP contribution in [0.2, 0.25) is 0 Å². The lowest BCUT2D eigenvalue weighted by Gasteiger charge is -2.05. The highest BCUT2D eigenvalue weighted by molar-refractivity contribution is 5.73. The third kappa shape index (κ3) is 6.15. The zero-order valence-corrected chi connectivity index (χ0v) is 7.63. The Morgan fingerprint density at radius 3 is 2.43 bits per heavy atom. The molecule has 0 aromatic carbocycles. The molecule has 0 rings (SSSR count). The van der Waals surface area contributed by atoms with Crippen LogP contribution in [-0.2, 0) is 14.3 Å². The number of carbonyl (C=O) groups is 2. The third-order valence-corrected chi connectivity index (χ3v) is 1.47. The average molecular weight is 202 g/mol. The van der Waals surface area contributed by atoms with E-state index in [4.69, 9.17) is 16.6 Å². The van der Waals surface area contributed by atoms with Crippen molar-refractivity contribution in [3.05, 3.63) is 12.2 Å². The SMILES string of the molecule is N[C@@H](C/C=C/C[C@H](N)C(=O)O)OC=O. The first-order chi connectivity index (χ1) is 6.57. The second-order valence-corrected chi connectivity index (χ2v) is 2.66. The first kappa shape index (κ1) is 12.6. The lowest BCUT2D eigenvalue weighted by atomic mass is 10.2. The molecule has 0 radical (unpaired) electrons. The summed E-state index contributed by atoms with van der Waals surface area (Å²) in [5.41, 5.74) is 10.5. The molecule has 6 nitrogen and oxygen atoms in total. The number of carboxylic acid groups (broad SMARTS) is 1. The topological polar surface area (TPSA) is 116 Å². The highest BCUT2D eigenvalue weighted by Crippen LogP contribution is 1.95. The molecule has 2 atom stereocenters. The van der Waals surface area contributed by atoms with Crippen molar-refractivity contribution in [2.75, 3.05) is 0 Å². The number of carboxylic acids is 1. The number of nitrogens with two attached hydrogens (primary N) is 2. The van der Waals surface area contributed by atoms with Gasteiger partial charge in [0, 0.05) is 6.42 Å². The summed E-state index contributed by atoms with van der Waals surface area (Å²) < 4.78 is 4.39.